The number of piperidine rings is 1. The lowest BCUT2D eigenvalue weighted by Gasteiger charge is -2.31. The number of aryl methyl sites for hydroxylation is 1. The number of rotatable bonds is 3. The molecule has 1 aromatic heterocycles. The quantitative estimate of drug-likeness (QED) is 0.936. The van der Waals surface area contributed by atoms with Crippen LogP contribution in [0.15, 0.2) is 30.3 Å². The van der Waals surface area contributed by atoms with Crippen molar-refractivity contribution >= 4 is 5.91 Å². The third kappa shape index (κ3) is 3.31. The zero-order valence-electron chi connectivity index (χ0n) is 14.7. The van der Waals surface area contributed by atoms with Crippen LogP contribution in [0.1, 0.15) is 40.2 Å². The lowest BCUT2D eigenvalue weighted by Crippen LogP contribution is -2.41. The van der Waals surface area contributed by atoms with E-state index in [0.717, 1.165) is 36.5 Å². The molecular weight excluding hydrogens is 314 g/mol. The molecule has 1 aliphatic heterocycles. The maximum absolute atomic E-state index is 13.0. The predicted octanol–water partition coefficient (Wildman–Crippen LogP) is 2.81. The molecule has 1 N–H and O–H groups in total. The Morgan fingerprint density at radius 2 is 2.04 bits per heavy atom. The summed E-state index contributed by atoms with van der Waals surface area (Å²) in [7, 11) is 0. The van der Waals surface area contributed by atoms with Crippen molar-refractivity contribution < 1.29 is 9.90 Å². The molecular formula is C20H23N3O2. The summed E-state index contributed by atoms with van der Waals surface area (Å²) in [5.41, 5.74) is 4.16. The lowest BCUT2D eigenvalue weighted by molar-refractivity contribution is 0.0620. The van der Waals surface area contributed by atoms with Crippen molar-refractivity contribution in [3.05, 3.63) is 52.8 Å². The first kappa shape index (κ1) is 17.2. The molecule has 1 aliphatic rings. The Morgan fingerprint density at radius 3 is 2.68 bits per heavy atom. The van der Waals surface area contributed by atoms with Crippen LogP contribution in [0.3, 0.4) is 0 Å². The number of carbonyl (C=O) groups is 1. The first-order chi connectivity index (χ1) is 12.0. The second-order valence-electron chi connectivity index (χ2n) is 6.72. The zero-order valence-corrected chi connectivity index (χ0v) is 14.7. The van der Waals surface area contributed by atoms with Gasteiger partial charge in [-0.15, -0.1) is 0 Å². The molecule has 3 rings (SSSR count). The van der Waals surface area contributed by atoms with E-state index in [9.17, 15) is 9.90 Å². The minimum atomic E-state index is 0.0335. The van der Waals surface area contributed by atoms with Crippen molar-refractivity contribution in [2.45, 2.75) is 26.7 Å². The van der Waals surface area contributed by atoms with Crippen LogP contribution in [0.4, 0.5) is 0 Å². The molecule has 0 radical (unpaired) electrons. The average molecular weight is 337 g/mol. The summed E-state index contributed by atoms with van der Waals surface area (Å²) in [5, 5.41) is 18.3. The van der Waals surface area contributed by atoms with Gasteiger partial charge in [0.2, 0.25) is 0 Å². The normalized spacial score (nSPS) is 17.4. The molecule has 1 aromatic carbocycles. The van der Waals surface area contributed by atoms with E-state index in [-0.39, 0.29) is 18.4 Å². The molecule has 5 nitrogen and oxygen atoms in total. The van der Waals surface area contributed by atoms with Crippen LogP contribution in [0.2, 0.25) is 0 Å². The standard InChI is InChI=1S/C20H23N3O2/c1-14-10-19(20(25)22-9-3-4-17(12-22)13-24)15(2)23(14)18-7-5-16(11-21)6-8-18/h5-8,10,17,24H,3-4,9,12-13H2,1-2H3. The van der Waals surface area contributed by atoms with Gasteiger partial charge in [-0.1, -0.05) is 0 Å². The zero-order chi connectivity index (χ0) is 18.0. The highest BCUT2D eigenvalue weighted by atomic mass is 16.3. The highest BCUT2D eigenvalue weighted by Crippen LogP contribution is 2.24. The fraction of sp³-hybridized carbons (Fsp3) is 0.400. The van der Waals surface area contributed by atoms with E-state index in [1.165, 1.54) is 0 Å². The number of aliphatic hydroxyl groups excluding tert-OH is 1. The molecule has 0 aliphatic carbocycles. The van der Waals surface area contributed by atoms with Crippen LogP contribution >= 0.6 is 0 Å². The van der Waals surface area contributed by atoms with Crippen LogP contribution in [-0.2, 0) is 0 Å². The van der Waals surface area contributed by atoms with Crippen molar-refractivity contribution in [1.82, 2.24) is 9.47 Å². The van der Waals surface area contributed by atoms with E-state index >= 15 is 0 Å². The third-order valence-electron chi connectivity index (χ3n) is 4.98. The Bertz CT molecular complexity index is 815. The number of amides is 1. The number of carbonyl (C=O) groups excluding carboxylic acids is 1. The van der Waals surface area contributed by atoms with Gasteiger partial charge in [0.15, 0.2) is 0 Å². The van der Waals surface area contributed by atoms with Gasteiger partial charge in [-0.2, -0.15) is 5.26 Å². The van der Waals surface area contributed by atoms with Gasteiger partial charge >= 0.3 is 0 Å². The van der Waals surface area contributed by atoms with E-state index < -0.39 is 0 Å². The van der Waals surface area contributed by atoms with Crippen LogP contribution in [0.25, 0.3) is 5.69 Å². The van der Waals surface area contributed by atoms with Gasteiger partial charge in [-0.25, -0.2) is 0 Å². The number of aliphatic hydroxyl groups is 1. The number of likely N-dealkylation sites (tertiary alicyclic amines) is 1. The van der Waals surface area contributed by atoms with Gasteiger partial charge in [0.1, 0.15) is 0 Å². The summed E-state index contributed by atoms with van der Waals surface area (Å²) in [6, 6.07) is 11.4. The second-order valence-corrected chi connectivity index (χ2v) is 6.72. The third-order valence-corrected chi connectivity index (χ3v) is 4.98. The largest absolute Gasteiger partial charge is 0.396 e. The van der Waals surface area contributed by atoms with E-state index in [1.54, 1.807) is 12.1 Å². The summed E-state index contributed by atoms with van der Waals surface area (Å²) in [5.74, 6) is 0.214. The van der Waals surface area contributed by atoms with Gasteiger partial charge in [-0.05, 0) is 62.9 Å². The highest BCUT2D eigenvalue weighted by molar-refractivity contribution is 5.96. The second kappa shape index (κ2) is 7.12. The SMILES string of the molecule is Cc1cc(C(=O)N2CCCC(CO)C2)c(C)n1-c1ccc(C#N)cc1. The maximum atomic E-state index is 13.0. The topological polar surface area (TPSA) is 69.3 Å². The van der Waals surface area contributed by atoms with Crippen LogP contribution in [0.5, 0.6) is 0 Å². The molecule has 130 valence electrons. The molecule has 1 atom stereocenters. The predicted molar refractivity (Wildman–Crippen MR) is 95.7 cm³/mol. The summed E-state index contributed by atoms with van der Waals surface area (Å²) < 4.78 is 2.04. The van der Waals surface area contributed by atoms with E-state index in [2.05, 4.69) is 6.07 Å². The van der Waals surface area contributed by atoms with Crippen molar-refractivity contribution in [1.29, 1.82) is 5.26 Å². The molecule has 5 heteroatoms. The fourth-order valence-electron chi connectivity index (χ4n) is 3.63. The van der Waals surface area contributed by atoms with Crippen molar-refractivity contribution in [3.8, 4) is 11.8 Å². The van der Waals surface area contributed by atoms with E-state index in [4.69, 9.17) is 5.26 Å². The molecule has 25 heavy (non-hydrogen) atoms. The molecule has 0 bridgehead atoms. The molecule has 2 heterocycles. The Kier molecular flexibility index (Phi) is 4.91. The molecule has 1 amide bonds. The monoisotopic (exact) mass is 337 g/mol. The van der Waals surface area contributed by atoms with Gasteiger partial charge in [0.05, 0.1) is 17.2 Å². The summed E-state index contributed by atoms with van der Waals surface area (Å²) in [4.78, 5) is 14.8. The molecule has 0 saturated carbocycles. The number of nitriles is 1. The number of hydrogen-bond donors (Lipinski definition) is 1. The molecule has 1 fully saturated rings. The van der Waals surface area contributed by atoms with E-state index in [1.807, 2.05) is 41.5 Å². The average Bonchev–Trinajstić information content (AvgIpc) is 2.95. The first-order valence-corrected chi connectivity index (χ1v) is 8.64. The van der Waals surface area contributed by atoms with Crippen LogP contribution in [0, 0.1) is 31.1 Å². The van der Waals surface area contributed by atoms with Crippen molar-refractivity contribution in [2.75, 3.05) is 19.7 Å². The highest BCUT2D eigenvalue weighted by Gasteiger charge is 2.26. The summed E-state index contributed by atoms with van der Waals surface area (Å²) in [6.45, 7) is 5.43. The van der Waals surface area contributed by atoms with Gasteiger partial charge in [0.25, 0.3) is 5.91 Å². The smallest absolute Gasteiger partial charge is 0.255 e. The Labute approximate surface area is 148 Å². The number of benzene rings is 1. The fourth-order valence-corrected chi connectivity index (χ4v) is 3.63. The number of hydrogen-bond acceptors (Lipinski definition) is 3. The number of nitrogens with zero attached hydrogens (tertiary/aromatic N) is 3. The summed E-state index contributed by atoms with van der Waals surface area (Å²) >= 11 is 0. The first-order valence-electron chi connectivity index (χ1n) is 8.64. The van der Waals surface area contributed by atoms with E-state index in [0.29, 0.717) is 17.7 Å². The lowest BCUT2D eigenvalue weighted by atomic mass is 9.98. The van der Waals surface area contributed by atoms with Crippen LogP contribution in [-0.4, -0.2) is 40.2 Å². The Morgan fingerprint density at radius 1 is 1.32 bits per heavy atom. The molecule has 1 saturated heterocycles. The molecule has 1 unspecified atom stereocenters. The summed E-state index contributed by atoms with van der Waals surface area (Å²) in [6.07, 6.45) is 1.91. The number of aromatic nitrogens is 1. The van der Waals surface area contributed by atoms with Crippen LogP contribution < -0.4 is 0 Å². The molecule has 0 spiro atoms. The molecule has 2 aromatic rings. The van der Waals surface area contributed by atoms with Crippen molar-refractivity contribution in [2.24, 2.45) is 5.92 Å². The maximum Gasteiger partial charge on any atom is 0.255 e. The minimum absolute atomic E-state index is 0.0335. The van der Waals surface area contributed by atoms with Gasteiger partial charge < -0.3 is 14.6 Å². The Hall–Kier alpha value is -2.58. The Balaban J connectivity index is 1.91. The minimum Gasteiger partial charge on any atom is -0.396 e. The van der Waals surface area contributed by atoms with Gasteiger partial charge in [-0.3, -0.25) is 4.79 Å². The van der Waals surface area contributed by atoms with Crippen molar-refractivity contribution in [3.63, 3.8) is 0 Å². The van der Waals surface area contributed by atoms with Gasteiger partial charge in [0, 0.05) is 36.8 Å².